The predicted molar refractivity (Wildman–Crippen MR) is 127 cm³/mol. The predicted octanol–water partition coefficient (Wildman–Crippen LogP) is 2.23. The Bertz CT molecular complexity index is 1110. The molecule has 184 valence electrons. The van der Waals surface area contributed by atoms with E-state index < -0.39 is 27.4 Å². The maximum atomic E-state index is 13.8. The third kappa shape index (κ3) is 5.47. The molecule has 0 aliphatic carbocycles. The topological polar surface area (TPSA) is 117 Å². The van der Waals surface area contributed by atoms with Gasteiger partial charge in [-0.25, -0.2) is 13.2 Å². The Labute approximate surface area is 204 Å². The van der Waals surface area contributed by atoms with Crippen molar-refractivity contribution in [1.29, 1.82) is 0 Å². The van der Waals surface area contributed by atoms with E-state index in [1.54, 1.807) is 36.4 Å². The highest BCUT2D eigenvalue weighted by atomic mass is 35.5. The van der Waals surface area contributed by atoms with Crippen molar-refractivity contribution in [3.63, 3.8) is 0 Å². The van der Waals surface area contributed by atoms with Crippen LogP contribution in [0.15, 0.2) is 48.5 Å². The molecule has 2 fully saturated rings. The fraction of sp³-hybridized carbons (Fsp3) is 0.435. The zero-order chi connectivity index (χ0) is 24.1. The minimum Gasteiger partial charge on any atom is -0.491 e. The number of urea groups is 1. The Kier molecular flexibility index (Phi) is 7.95. The van der Waals surface area contributed by atoms with Gasteiger partial charge in [-0.2, -0.15) is 4.31 Å². The molecular formula is C23H28ClN3O6S. The summed E-state index contributed by atoms with van der Waals surface area (Å²) in [5.41, 5.74) is 1.26. The fourth-order valence-electron chi connectivity index (χ4n) is 4.36. The molecule has 0 bridgehead atoms. The molecule has 2 heterocycles. The molecule has 2 aromatic rings. The molecule has 3 atom stereocenters. The van der Waals surface area contributed by atoms with Gasteiger partial charge in [-0.3, -0.25) is 0 Å². The van der Waals surface area contributed by atoms with Crippen LogP contribution in [0.25, 0.3) is 0 Å². The van der Waals surface area contributed by atoms with Gasteiger partial charge in [0, 0.05) is 18.1 Å². The van der Waals surface area contributed by atoms with Crippen molar-refractivity contribution in [1.82, 2.24) is 14.9 Å². The summed E-state index contributed by atoms with van der Waals surface area (Å²) >= 11 is 6.40. The van der Waals surface area contributed by atoms with Gasteiger partial charge in [0.25, 0.3) is 0 Å². The van der Waals surface area contributed by atoms with E-state index in [2.05, 4.69) is 10.6 Å². The summed E-state index contributed by atoms with van der Waals surface area (Å²) in [7, 11) is -3.80. The average molecular weight is 510 g/mol. The number of hydrogen-bond donors (Lipinski definition) is 3. The first-order valence-electron chi connectivity index (χ1n) is 11.1. The number of amides is 2. The number of hydrogen-bond acceptors (Lipinski definition) is 6. The maximum Gasteiger partial charge on any atom is 0.315 e. The van der Waals surface area contributed by atoms with Gasteiger partial charge in [-0.15, -0.1) is 0 Å². The number of nitrogens with one attached hydrogen (secondary N) is 2. The number of sulfonamides is 1. The van der Waals surface area contributed by atoms with E-state index in [1.165, 1.54) is 4.31 Å². The molecule has 2 saturated heterocycles. The molecule has 9 nitrogen and oxygen atoms in total. The van der Waals surface area contributed by atoms with Crippen molar-refractivity contribution in [2.75, 3.05) is 39.5 Å². The van der Waals surface area contributed by atoms with Gasteiger partial charge in [-0.1, -0.05) is 41.9 Å². The van der Waals surface area contributed by atoms with E-state index in [0.717, 1.165) is 5.56 Å². The Morgan fingerprint density at radius 3 is 2.65 bits per heavy atom. The monoisotopic (exact) mass is 509 g/mol. The highest BCUT2D eigenvalue weighted by molar-refractivity contribution is 7.89. The first kappa shape index (κ1) is 24.7. The van der Waals surface area contributed by atoms with Crippen LogP contribution < -0.4 is 15.4 Å². The van der Waals surface area contributed by atoms with E-state index in [9.17, 15) is 13.2 Å². The van der Waals surface area contributed by atoms with Gasteiger partial charge in [0.15, 0.2) is 0 Å². The van der Waals surface area contributed by atoms with Crippen molar-refractivity contribution < 1.29 is 27.8 Å². The first-order valence-corrected chi connectivity index (χ1v) is 13.0. The highest BCUT2D eigenvalue weighted by Crippen LogP contribution is 2.37. The SMILES string of the molecule is O=C1NC(CC(c2cccc(OCCO)c2)S(=O)(=O)N2CCOCC2)C(c2ccccc2Cl)N1. The smallest absolute Gasteiger partial charge is 0.315 e. The van der Waals surface area contributed by atoms with Gasteiger partial charge in [-0.05, 0) is 35.7 Å². The van der Waals surface area contributed by atoms with Crippen molar-refractivity contribution in [3.05, 3.63) is 64.7 Å². The summed E-state index contributed by atoms with van der Waals surface area (Å²) < 4.78 is 40.0. The van der Waals surface area contributed by atoms with Crippen molar-refractivity contribution in [2.45, 2.75) is 23.8 Å². The normalized spacial score (nSPS) is 22.1. The van der Waals surface area contributed by atoms with Crippen molar-refractivity contribution in [2.24, 2.45) is 0 Å². The van der Waals surface area contributed by atoms with Crippen LogP contribution in [-0.4, -0.2) is 69.4 Å². The number of carbonyl (C=O) groups is 1. The fourth-order valence-corrected chi connectivity index (χ4v) is 6.57. The molecule has 4 rings (SSSR count). The number of halogens is 1. The molecule has 2 aliphatic heterocycles. The van der Waals surface area contributed by atoms with Crippen LogP contribution in [0.2, 0.25) is 5.02 Å². The number of nitrogens with zero attached hydrogens (tertiary/aromatic N) is 1. The molecular weight excluding hydrogens is 482 g/mol. The number of benzene rings is 2. The largest absolute Gasteiger partial charge is 0.491 e. The summed E-state index contributed by atoms with van der Waals surface area (Å²) in [6.07, 6.45) is 0.123. The van der Waals surface area contributed by atoms with Crippen LogP contribution >= 0.6 is 11.6 Å². The Hall–Kier alpha value is -2.37. The lowest BCUT2D eigenvalue weighted by atomic mass is 9.95. The Balaban J connectivity index is 1.69. The van der Waals surface area contributed by atoms with Crippen molar-refractivity contribution >= 4 is 27.7 Å². The molecule has 2 amide bonds. The van der Waals surface area contributed by atoms with E-state index in [0.29, 0.717) is 29.5 Å². The zero-order valence-electron chi connectivity index (χ0n) is 18.5. The Morgan fingerprint density at radius 1 is 1.15 bits per heavy atom. The van der Waals surface area contributed by atoms with E-state index in [-0.39, 0.29) is 38.8 Å². The van der Waals surface area contributed by atoms with Crippen LogP contribution in [0.4, 0.5) is 4.79 Å². The number of rotatable bonds is 9. The molecule has 0 spiro atoms. The maximum absolute atomic E-state index is 13.8. The van der Waals surface area contributed by atoms with E-state index in [1.807, 2.05) is 12.1 Å². The van der Waals surface area contributed by atoms with E-state index >= 15 is 0 Å². The minimum atomic E-state index is -3.80. The van der Waals surface area contributed by atoms with Gasteiger partial charge in [0.1, 0.15) is 17.6 Å². The lowest BCUT2D eigenvalue weighted by Crippen LogP contribution is -2.44. The second-order valence-corrected chi connectivity index (χ2v) is 10.7. The van der Waals surface area contributed by atoms with Gasteiger partial charge >= 0.3 is 6.03 Å². The molecule has 3 N–H and O–H groups in total. The standard InChI is InChI=1S/C23H28ClN3O6S/c24-19-7-2-1-6-18(19)22-20(25-23(29)26-22)15-21(34(30,31)27-8-11-32-12-9-27)16-4-3-5-17(14-16)33-13-10-28/h1-7,14,20-22,28H,8-13,15H2,(H2,25,26,29). The molecule has 0 radical (unpaired) electrons. The molecule has 34 heavy (non-hydrogen) atoms. The number of ether oxygens (including phenoxy) is 2. The van der Waals surface area contributed by atoms with Crippen LogP contribution in [0.3, 0.4) is 0 Å². The molecule has 0 saturated carbocycles. The molecule has 11 heteroatoms. The minimum absolute atomic E-state index is 0.0987. The zero-order valence-corrected chi connectivity index (χ0v) is 20.1. The number of aliphatic hydroxyl groups excluding tert-OH is 1. The third-order valence-electron chi connectivity index (χ3n) is 5.99. The number of morpholine rings is 1. The molecule has 3 unspecified atom stereocenters. The summed E-state index contributed by atoms with van der Waals surface area (Å²) in [6.45, 7) is 1.14. The summed E-state index contributed by atoms with van der Waals surface area (Å²) in [4.78, 5) is 12.3. The van der Waals surface area contributed by atoms with Gasteiger partial charge in [0.05, 0.1) is 31.9 Å². The van der Waals surface area contributed by atoms with Crippen LogP contribution in [0.1, 0.15) is 28.8 Å². The highest BCUT2D eigenvalue weighted by Gasteiger charge is 2.41. The Morgan fingerprint density at radius 2 is 1.91 bits per heavy atom. The molecule has 0 aromatic heterocycles. The quantitative estimate of drug-likeness (QED) is 0.477. The van der Waals surface area contributed by atoms with Gasteiger partial charge in [0.2, 0.25) is 10.0 Å². The van der Waals surface area contributed by atoms with Crippen molar-refractivity contribution in [3.8, 4) is 5.75 Å². The molecule has 2 aliphatic rings. The third-order valence-corrected chi connectivity index (χ3v) is 8.61. The summed E-state index contributed by atoms with van der Waals surface area (Å²) in [5, 5.41) is 14.4. The van der Waals surface area contributed by atoms with Gasteiger partial charge < -0.3 is 25.2 Å². The van der Waals surface area contributed by atoms with Crippen LogP contribution in [0, 0.1) is 0 Å². The molecule has 2 aromatic carbocycles. The lowest BCUT2D eigenvalue weighted by Gasteiger charge is -2.32. The summed E-state index contributed by atoms with van der Waals surface area (Å²) in [6, 6.07) is 12.6. The van der Waals surface area contributed by atoms with Crippen LogP contribution in [-0.2, 0) is 14.8 Å². The second-order valence-electron chi connectivity index (χ2n) is 8.15. The lowest BCUT2D eigenvalue weighted by molar-refractivity contribution is 0.0725. The van der Waals surface area contributed by atoms with E-state index in [4.69, 9.17) is 26.2 Å². The first-order chi connectivity index (χ1) is 16.4. The second kappa shape index (κ2) is 10.9. The number of carbonyl (C=O) groups excluding carboxylic acids is 1. The van der Waals surface area contributed by atoms with Crippen LogP contribution in [0.5, 0.6) is 5.75 Å². The summed E-state index contributed by atoms with van der Waals surface area (Å²) in [5.74, 6) is 0.463. The number of aliphatic hydroxyl groups is 1. The average Bonchev–Trinajstić information content (AvgIpc) is 3.22.